The number of hydrogen-bond acceptors (Lipinski definition) is 6. The van der Waals surface area contributed by atoms with Crippen LogP contribution in [0.2, 0.25) is 0 Å². The highest BCUT2D eigenvalue weighted by Gasteiger charge is 2.17. The van der Waals surface area contributed by atoms with Gasteiger partial charge in [-0.15, -0.1) is 10.2 Å². The second kappa shape index (κ2) is 7.81. The molecule has 0 unspecified atom stereocenters. The Kier molecular flexibility index (Phi) is 6.11. The van der Waals surface area contributed by atoms with E-state index in [1.54, 1.807) is 5.32 Å². The predicted octanol–water partition coefficient (Wildman–Crippen LogP) is 3.11. The second-order valence-corrected chi connectivity index (χ2v) is 3.90. The molecule has 0 fully saturated rings. The molecule has 2 N–H and O–H groups in total. The second-order valence-electron chi connectivity index (χ2n) is 3.90. The summed E-state index contributed by atoms with van der Waals surface area (Å²) in [5.41, 5.74) is -0.958. The first-order valence-electron chi connectivity index (χ1n) is 6.09. The van der Waals surface area contributed by atoms with Crippen molar-refractivity contribution >= 4 is 17.7 Å². The fraction of sp³-hybridized carbons (Fsp3) is 0.231. The molecule has 1 rings (SSSR count). The van der Waals surface area contributed by atoms with Gasteiger partial charge in [-0.05, 0) is 26.0 Å². The highest BCUT2D eigenvalue weighted by Crippen LogP contribution is 2.20. The number of benzene rings is 1. The van der Waals surface area contributed by atoms with Gasteiger partial charge in [-0.1, -0.05) is 0 Å². The molecule has 1 aromatic rings. The maximum atomic E-state index is 13.4. The standard InChI is InChI=1S/C13H13F2N3O4/c1-3-22-13(21)16-12(20)11(7(2)19)18-17-10-5-4-8(14)6-9(10)15/h4-6,19H,3H2,1-2H3,(H,16,20,21)/b11-7+,18-17?. The van der Waals surface area contributed by atoms with Crippen molar-refractivity contribution in [2.45, 2.75) is 13.8 Å². The van der Waals surface area contributed by atoms with E-state index in [2.05, 4.69) is 15.0 Å². The summed E-state index contributed by atoms with van der Waals surface area (Å²) < 4.78 is 30.6. The molecule has 0 atom stereocenters. The quantitative estimate of drug-likeness (QED) is 0.506. The summed E-state index contributed by atoms with van der Waals surface area (Å²) in [6, 6.07) is 2.54. The third-order valence-electron chi connectivity index (χ3n) is 2.22. The van der Waals surface area contributed by atoms with Crippen molar-refractivity contribution in [3.63, 3.8) is 0 Å². The molecular weight excluding hydrogens is 300 g/mol. The van der Waals surface area contributed by atoms with Crippen LogP contribution in [-0.2, 0) is 9.53 Å². The highest BCUT2D eigenvalue weighted by molar-refractivity contribution is 6.02. The Morgan fingerprint density at radius 2 is 2.05 bits per heavy atom. The summed E-state index contributed by atoms with van der Waals surface area (Å²) in [4.78, 5) is 22.8. The molecule has 0 saturated carbocycles. The zero-order valence-electron chi connectivity index (χ0n) is 11.8. The number of imide groups is 1. The van der Waals surface area contributed by atoms with Crippen molar-refractivity contribution in [1.82, 2.24) is 5.32 Å². The van der Waals surface area contributed by atoms with Gasteiger partial charge in [0.2, 0.25) is 0 Å². The van der Waals surface area contributed by atoms with E-state index in [0.29, 0.717) is 6.07 Å². The number of amides is 2. The first-order chi connectivity index (χ1) is 10.3. The van der Waals surface area contributed by atoms with E-state index in [4.69, 9.17) is 0 Å². The largest absolute Gasteiger partial charge is 0.510 e. The molecule has 0 heterocycles. The minimum Gasteiger partial charge on any atom is -0.510 e. The first-order valence-corrected chi connectivity index (χ1v) is 6.09. The Balaban J connectivity index is 2.94. The average Bonchev–Trinajstić information content (AvgIpc) is 2.40. The van der Waals surface area contributed by atoms with Crippen molar-refractivity contribution in [3.05, 3.63) is 41.3 Å². The van der Waals surface area contributed by atoms with E-state index in [1.807, 2.05) is 0 Å². The van der Waals surface area contributed by atoms with Gasteiger partial charge >= 0.3 is 6.09 Å². The number of nitrogens with one attached hydrogen (secondary N) is 1. The van der Waals surface area contributed by atoms with E-state index in [1.165, 1.54) is 6.92 Å². The lowest BCUT2D eigenvalue weighted by atomic mass is 10.3. The molecule has 0 aliphatic rings. The molecular formula is C13H13F2N3O4. The lowest BCUT2D eigenvalue weighted by Crippen LogP contribution is -2.32. The molecule has 1 aromatic carbocycles. The predicted molar refractivity (Wildman–Crippen MR) is 71.4 cm³/mol. The van der Waals surface area contributed by atoms with Crippen LogP contribution >= 0.6 is 0 Å². The molecule has 118 valence electrons. The number of aliphatic hydroxyl groups is 1. The van der Waals surface area contributed by atoms with Crippen molar-refractivity contribution in [2.75, 3.05) is 6.61 Å². The lowest BCUT2D eigenvalue weighted by molar-refractivity contribution is -0.117. The number of carbonyl (C=O) groups excluding carboxylic acids is 2. The van der Waals surface area contributed by atoms with Crippen molar-refractivity contribution in [3.8, 4) is 0 Å². The van der Waals surface area contributed by atoms with Crippen LogP contribution in [-0.4, -0.2) is 23.7 Å². The molecule has 0 spiro atoms. The van der Waals surface area contributed by atoms with Crippen LogP contribution in [0, 0.1) is 11.6 Å². The number of rotatable bonds is 4. The number of allylic oxidation sites excluding steroid dienone is 1. The van der Waals surface area contributed by atoms with Crippen molar-refractivity contribution in [2.24, 2.45) is 10.2 Å². The Morgan fingerprint density at radius 1 is 1.36 bits per heavy atom. The van der Waals surface area contributed by atoms with Gasteiger partial charge < -0.3 is 9.84 Å². The van der Waals surface area contributed by atoms with E-state index < -0.39 is 35.1 Å². The van der Waals surface area contributed by atoms with Crippen LogP contribution in [0.15, 0.2) is 39.9 Å². The molecule has 0 radical (unpaired) electrons. The molecule has 2 amide bonds. The van der Waals surface area contributed by atoms with E-state index in [-0.39, 0.29) is 12.3 Å². The smallest absolute Gasteiger partial charge is 0.414 e. The number of alkyl carbamates (subject to hydrolysis) is 1. The van der Waals surface area contributed by atoms with Crippen LogP contribution < -0.4 is 5.32 Å². The van der Waals surface area contributed by atoms with Gasteiger partial charge in [0, 0.05) is 6.07 Å². The molecule has 7 nitrogen and oxygen atoms in total. The van der Waals surface area contributed by atoms with Gasteiger partial charge in [0.1, 0.15) is 17.3 Å². The summed E-state index contributed by atoms with van der Waals surface area (Å²) in [5.74, 6) is -3.42. The molecule has 0 bridgehead atoms. The summed E-state index contributed by atoms with van der Waals surface area (Å²) in [6.07, 6.45) is -1.03. The minimum atomic E-state index is -1.08. The fourth-order valence-electron chi connectivity index (χ4n) is 1.27. The molecule has 9 heteroatoms. The molecule has 0 aromatic heterocycles. The van der Waals surface area contributed by atoms with Crippen LogP contribution in [0.4, 0.5) is 19.3 Å². The van der Waals surface area contributed by atoms with Gasteiger partial charge in [-0.3, -0.25) is 10.1 Å². The average molecular weight is 313 g/mol. The molecule has 0 aliphatic heterocycles. The number of ether oxygens (including phenoxy) is 1. The van der Waals surface area contributed by atoms with Crippen molar-refractivity contribution in [1.29, 1.82) is 0 Å². The number of nitrogens with zero attached hydrogens (tertiary/aromatic N) is 2. The Bertz CT molecular complexity index is 640. The van der Waals surface area contributed by atoms with E-state index in [0.717, 1.165) is 19.1 Å². The summed E-state index contributed by atoms with van der Waals surface area (Å²) in [6.45, 7) is 2.70. The van der Waals surface area contributed by atoms with Crippen LogP contribution in [0.25, 0.3) is 0 Å². The van der Waals surface area contributed by atoms with E-state index >= 15 is 0 Å². The number of azo groups is 1. The van der Waals surface area contributed by atoms with Gasteiger partial charge in [0.05, 0.1) is 6.61 Å². The highest BCUT2D eigenvalue weighted by atomic mass is 19.1. The molecule has 0 saturated heterocycles. The summed E-state index contributed by atoms with van der Waals surface area (Å²) in [7, 11) is 0. The van der Waals surface area contributed by atoms with Crippen LogP contribution in [0.3, 0.4) is 0 Å². The molecule has 22 heavy (non-hydrogen) atoms. The van der Waals surface area contributed by atoms with E-state index in [9.17, 15) is 23.5 Å². The lowest BCUT2D eigenvalue weighted by Gasteiger charge is -2.04. The number of hydrogen-bond donors (Lipinski definition) is 2. The topological polar surface area (TPSA) is 100 Å². The zero-order valence-corrected chi connectivity index (χ0v) is 11.8. The maximum Gasteiger partial charge on any atom is 0.414 e. The van der Waals surface area contributed by atoms with Crippen LogP contribution in [0.5, 0.6) is 0 Å². The Hall–Kier alpha value is -2.84. The third kappa shape index (κ3) is 4.93. The maximum absolute atomic E-state index is 13.4. The Morgan fingerprint density at radius 3 is 2.59 bits per heavy atom. The normalized spacial score (nSPS) is 12.0. The van der Waals surface area contributed by atoms with Crippen molar-refractivity contribution < 1.29 is 28.2 Å². The zero-order chi connectivity index (χ0) is 16.7. The minimum absolute atomic E-state index is 0.0403. The summed E-state index contributed by atoms with van der Waals surface area (Å²) >= 11 is 0. The molecule has 0 aliphatic carbocycles. The fourth-order valence-corrected chi connectivity index (χ4v) is 1.27. The Labute approximate surface area is 124 Å². The number of halogens is 2. The van der Waals surface area contributed by atoms with Gasteiger partial charge in [0.25, 0.3) is 5.91 Å². The monoisotopic (exact) mass is 313 g/mol. The van der Waals surface area contributed by atoms with Gasteiger partial charge in [-0.25, -0.2) is 13.6 Å². The summed E-state index contributed by atoms with van der Waals surface area (Å²) in [5, 5.41) is 17.9. The first kappa shape index (κ1) is 17.2. The number of carbonyl (C=O) groups is 2. The number of aliphatic hydroxyl groups excluding tert-OH is 1. The van der Waals surface area contributed by atoms with Gasteiger partial charge in [0.15, 0.2) is 11.5 Å². The SMILES string of the molecule is CCOC(=O)NC(=O)/C(N=Nc1ccc(F)cc1F)=C(/C)O. The van der Waals surface area contributed by atoms with Gasteiger partial charge in [-0.2, -0.15) is 0 Å². The van der Waals surface area contributed by atoms with Crippen LogP contribution in [0.1, 0.15) is 13.8 Å². The third-order valence-corrected chi connectivity index (χ3v) is 2.22.